The third kappa shape index (κ3) is 6.84. The van der Waals surface area contributed by atoms with Gasteiger partial charge in [0.05, 0.1) is 18.6 Å². The number of fused-ring (bicyclic) bond motifs is 1. The lowest BCUT2D eigenvalue weighted by atomic mass is 10.2. The Morgan fingerprint density at radius 2 is 1.52 bits per heavy atom. The first-order chi connectivity index (χ1) is 21.4. The van der Waals surface area contributed by atoms with Gasteiger partial charge in [0.15, 0.2) is 5.82 Å². The highest BCUT2D eigenvalue weighted by molar-refractivity contribution is 6.00. The fourth-order valence-corrected chi connectivity index (χ4v) is 5.72. The van der Waals surface area contributed by atoms with E-state index >= 15 is 0 Å². The Morgan fingerprint density at radius 1 is 0.864 bits per heavy atom. The third-order valence-electron chi connectivity index (χ3n) is 8.14. The molecule has 0 atom stereocenters. The minimum atomic E-state index is -0.373. The van der Waals surface area contributed by atoms with Crippen molar-refractivity contribution >= 4 is 40.2 Å². The molecule has 2 saturated heterocycles. The summed E-state index contributed by atoms with van der Waals surface area (Å²) in [5, 5.41) is 9.71. The second-order valence-corrected chi connectivity index (χ2v) is 11.6. The van der Waals surface area contributed by atoms with E-state index in [9.17, 15) is 9.59 Å². The van der Waals surface area contributed by atoms with Gasteiger partial charge in [0.25, 0.3) is 5.91 Å². The molecule has 3 N–H and O–H groups in total. The smallest absolute Gasteiger partial charge is 0.323 e. The zero-order chi connectivity index (χ0) is 30.5. The van der Waals surface area contributed by atoms with E-state index in [0.717, 1.165) is 55.1 Å². The van der Waals surface area contributed by atoms with Crippen molar-refractivity contribution in [3.8, 4) is 11.4 Å². The summed E-state index contributed by atoms with van der Waals surface area (Å²) >= 11 is 0. The number of carbonyl (C=O) groups is 2. The van der Waals surface area contributed by atoms with Crippen molar-refractivity contribution in [2.75, 3.05) is 68.0 Å². The highest BCUT2D eigenvalue weighted by Gasteiger charge is 2.21. The first kappa shape index (κ1) is 29.6. The zero-order valence-electron chi connectivity index (χ0n) is 25.4. The molecule has 44 heavy (non-hydrogen) atoms. The number of ether oxygens (including phenoxy) is 1. The van der Waals surface area contributed by atoms with Gasteiger partial charge in [-0.2, -0.15) is 0 Å². The van der Waals surface area contributed by atoms with Crippen LogP contribution in [0.4, 0.5) is 22.0 Å². The summed E-state index contributed by atoms with van der Waals surface area (Å²) in [6.45, 7) is 10.9. The summed E-state index contributed by atoms with van der Waals surface area (Å²) in [7, 11) is 0. The number of likely N-dealkylation sites (tertiary alicyclic amines) is 1. The molecule has 2 fully saturated rings. The Morgan fingerprint density at radius 3 is 2.18 bits per heavy atom. The monoisotopic (exact) mass is 596 g/mol. The number of hydrogen-bond donors (Lipinski definition) is 3. The van der Waals surface area contributed by atoms with Crippen molar-refractivity contribution in [1.82, 2.24) is 24.8 Å². The topological polar surface area (TPSA) is 117 Å². The minimum Gasteiger partial charge on any atom is -0.378 e. The molecule has 3 amide bonds. The lowest BCUT2D eigenvalue weighted by Gasteiger charge is -2.28. The van der Waals surface area contributed by atoms with Crippen LogP contribution in [0.15, 0.2) is 60.8 Å². The molecule has 0 unspecified atom stereocenters. The summed E-state index contributed by atoms with van der Waals surface area (Å²) in [6.07, 6.45) is 4.54. The second-order valence-electron chi connectivity index (χ2n) is 11.6. The van der Waals surface area contributed by atoms with Crippen molar-refractivity contribution < 1.29 is 14.3 Å². The molecule has 230 valence electrons. The molecule has 11 heteroatoms. The number of anilines is 3. The maximum atomic E-state index is 12.7. The van der Waals surface area contributed by atoms with Crippen LogP contribution in [0.1, 0.15) is 43.1 Å². The molecule has 6 rings (SSSR count). The third-order valence-corrected chi connectivity index (χ3v) is 8.14. The highest BCUT2D eigenvalue weighted by atomic mass is 16.5. The van der Waals surface area contributed by atoms with Crippen LogP contribution in [0.3, 0.4) is 0 Å². The van der Waals surface area contributed by atoms with Crippen molar-refractivity contribution in [2.45, 2.75) is 32.7 Å². The molecule has 2 aliphatic rings. The van der Waals surface area contributed by atoms with E-state index in [1.54, 1.807) is 24.3 Å². The van der Waals surface area contributed by atoms with Gasteiger partial charge in [-0.25, -0.2) is 14.8 Å². The molecule has 4 aromatic rings. The summed E-state index contributed by atoms with van der Waals surface area (Å²) in [5.74, 6) is 1.44. The van der Waals surface area contributed by atoms with Crippen LogP contribution >= 0.6 is 0 Å². The number of aromatic nitrogens is 3. The van der Waals surface area contributed by atoms with Gasteiger partial charge < -0.3 is 35.1 Å². The van der Waals surface area contributed by atoms with Gasteiger partial charge in [-0.1, -0.05) is 0 Å². The summed E-state index contributed by atoms with van der Waals surface area (Å²) in [5.41, 5.74) is 3.56. The molecule has 2 aliphatic heterocycles. The second kappa shape index (κ2) is 13.4. The number of nitrogens with one attached hydrogen (secondary N) is 3. The van der Waals surface area contributed by atoms with Gasteiger partial charge in [0, 0.05) is 60.9 Å². The Bertz CT molecular complexity index is 1590. The number of nitrogens with zero attached hydrogens (tertiary/aromatic N) is 5. The quantitative estimate of drug-likeness (QED) is 0.249. The van der Waals surface area contributed by atoms with Crippen molar-refractivity contribution in [3.05, 3.63) is 66.4 Å². The van der Waals surface area contributed by atoms with Crippen LogP contribution < -0.4 is 20.9 Å². The van der Waals surface area contributed by atoms with Crippen LogP contribution in [0.2, 0.25) is 0 Å². The van der Waals surface area contributed by atoms with Crippen LogP contribution in [-0.2, 0) is 4.74 Å². The van der Waals surface area contributed by atoms with Crippen molar-refractivity contribution in [3.63, 3.8) is 0 Å². The van der Waals surface area contributed by atoms with Gasteiger partial charge in [-0.05, 0) is 94.4 Å². The Balaban J connectivity index is 1.08. The molecule has 11 nitrogen and oxygen atoms in total. The average Bonchev–Trinajstić information content (AvgIpc) is 3.72. The maximum absolute atomic E-state index is 12.7. The van der Waals surface area contributed by atoms with Crippen LogP contribution in [0.25, 0.3) is 22.4 Å². The number of hydrogen-bond acceptors (Lipinski definition) is 7. The first-order valence-electron chi connectivity index (χ1n) is 15.4. The number of carbonyl (C=O) groups excluding carboxylic acids is 2. The number of benzene rings is 2. The van der Waals surface area contributed by atoms with Gasteiger partial charge in [0.2, 0.25) is 0 Å². The predicted octanol–water partition coefficient (Wildman–Crippen LogP) is 4.99. The lowest BCUT2D eigenvalue weighted by Crippen LogP contribution is -2.37. The van der Waals surface area contributed by atoms with Gasteiger partial charge in [0.1, 0.15) is 11.5 Å². The molecule has 0 radical (unpaired) electrons. The molecule has 0 aliphatic carbocycles. The van der Waals surface area contributed by atoms with E-state index in [2.05, 4.69) is 56.4 Å². The van der Waals surface area contributed by atoms with Crippen LogP contribution in [-0.4, -0.2) is 83.9 Å². The summed E-state index contributed by atoms with van der Waals surface area (Å²) in [6, 6.07) is 16.4. The lowest BCUT2D eigenvalue weighted by molar-refractivity contribution is 0.0949. The minimum absolute atomic E-state index is 0.113. The van der Waals surface area contributed by atoms with E-state index in [1.807, 2.05) is 24.3 Å². The summed E-state index contributed by atoms with van der Waals surface area (Å²) < 4.78 is 7.73. The first-order valence-corrected chi connectivity index (χ1v) is 15.4. The fraction of sp³-hybridized carbons (Fsp3) is 0.394. The normalized spacial score (nSPS) is 15.6. The van der Waals surface area contributed by atoms with E-state index in [1.165, 1.54) is 12.8 Å². The van der Waals surface area contributed by atoms with Crippen LogP contribution in [0.5, 0.6) is 0 Å². The predicted molar refractivity (Wildman–Crippen MR) is 173 cm³/mol. The molecular formula is C33H40N8O3. The van der Waals surface area contributed by atoms with E-state index < -0.39 is 0 Å². The molecule has 2 aromatic heterocycles. The molecule has 0 bridgehead atoms. The van der Waals surface area contributed by atoms with Crippen molar-refractivity contribution in [2.24, 2.45) is 0 Å². The van der Waals surface area contributed by atoms with E-state index in [4.69, 9.17) is 14.7 Å². The number of amides is 3. The summed E-state index contributed by atoms with van der Waals surface area (Å²) in [4.78, 5) is 39.7. The Labute approximate surface area is 257 Å². The van der Waals surface area contributed by atoms with E-state index in [0.29, 0.717) is 42.5 Å². The Hall–Kier alpha value is -4.48. The molecule has 4 heterocycles. The standard InChI is InChI=1S/C33H40N8O3/c1-23(2)41-17-13-28-30(40-19-21-44-22-20-40)37-29(38-31(28)41)24-5-9-26(10-6-24)35-33(43)36-27-11-7-25(8-12-27)32(42)34-14-18-39-15-3-4-16-39/h5-13,17,23H,3-4,14-16,18-22H2,1-2H3,(H,34,42)(H2,35,36,43). The van der Waals surface area contributed by atoms with Gasteiger partial charge in [-0.3, -0.25) is 4.79 Å². The zero-order valence-corrected chi connectivity index (χ0v) is 25.4. The molecule has 0 spiro atoms. The fourth-order valence-electron chi connectivity index (χ4n) is 5.72. The number of morpholine rings is 1. The van der Waals surface area contributed by atoms with Crippen LogP contribution in [0, 0.1) is 0 Å². The number of urea groups is 1. The number of rotatable bonds is 9. The molecular weight excluding hydrogens is 556 g/mol. The largest absolute Gasteiger partial charge is 0.378 e. The van der Waals surface area contributed by atoms with Crippen molar-refractivity contribution in [1.29, 1.82) is 0 Å². The van der Waals surface area contributed by atoms with Gasteiger partial charge in [-0.15, -0.1) is 0 Å². The average molecular weight is 597 g/mol. The Kier molecular flexibility index (Phi) is 9.04. The SMILES string of the molecule is CC(C)n1ccc2c(N3CCOCC3)nc(-c3ccc(NC(=O)Nc4ccc(C(=O)NCCN5CCCC5)cc4)cc3)nc21. The van der Waals surface area contributed by atoms with E-state index in [-0.39, 0.29) is 18.0 Å². The molecule has 2 aromatic carbocycles. The highest BCUT2D eigenvalue weighted by Crippen LogP contribution is 2.31. The molecule has 0 saturated carbocycles. The maximum Gasteiger partial charge on any atom is 0.323 e. The van der Waals surface area contributed by atoms with Gasteiger partial charge >= 0.3 is 6.03 Å².